The quantitative estimate of drug-likeness (QED) is 0.789. The highest BCUT2D eigenvalue weighted by Gasteiger charge is 2.38. The van der Waals surface area contributed by atoms with Crippen molar-refractivity contribution in [1.82, 2.24) is 4.90 Å². The van der Waals surface area contributed by atoms with Crippen molar-refractivity contribution in [2.24, 2.45) is 0 Å². The van der Waals surface area contributed by atoms with Crippen molar-refractivity contribution in [3.63, 3.8) is 0 Å². The molecular weight excluding hydrogens is 301 g/mol. The third-order valence-corrected chi connectivity index (χ3v) is 2.81. The molecule has 1 aromatic carbocycles. The van der Waals surface area contributed by atoms with Gasteiger partial charge in [-0.2, -0.15) is 18.4 Å². The van der Waals surface area contributed by atoms with Crippen LogP contribution < -0.4 is 4.74 Å². The van der Waals surface area contributed by atoms with Crippen LogP contribution in [-0.2, 0) is 0 Å². The maximum Gasteiger partial charge on any atom is 0.415 e. The van der Waals surface area contributed by atoms with Crippen LogP contribution in [0.3, 0.4) is 0 Å². The molecule has 0 radical (unpaired) electrons. The highest BCUT2D eigenvalue weighted by atomic mass is 19.4. The van der Waals surface area contributed by atoms with Gasteiger partial charge in [0.1, 0.15) is 18.5 Å². The fraction of sp³-hybridized carbons (Fsp3) is 0.500. The second-order valence-electron chi connectivity index (χ2n) is 4.88. The lowest BCUT2D eigenvalue weighted by Crippen LogP contribution is -2.42. The van der Waals surface area contributed by atoms with Crippen LogP contribution in [0.15, 0.2) is 24.3 Å². The SMILES string of the molecule is CN(CC(O)COc1ccc(C#N)cc1)CC(O)C(F)(F)F. The van der Waals surface area contributed by atoms with Crippen LogP contribution >= 0.6 is 0 Å². The van der Waals surface area contributed by atoms with Gasteiger partial charge in [-0.05, 0) is 31.3 Å². The Morgan fingerprint density at radius 3 is 2.32 bits per heavy atom. The number of alkyl halides is 3. The fourth-order valence-corrected chi connectivity index (χ4v) is 1.70. The van der Waals surface area contributed by atoms with Gasteiger partial charge in [-0.25, -0.2) is 0 Å². The summed E-state index contributed by atoms with van der Waals surface area (Å²) in [6, 6.07) is 8.16. The third-order valence-electron chi connectivity index (χ3n) is 2.81. The number of halogens is 3. The number of nitrogens with zero attached hydrogens (tertiary/aromatic N) is 2. The van der Waals surface area contributed by atoms with Crippen molar-refractivity contribution in [3.05, 3.63) is 29.8 Å². The molecule has 122 valence electrons. The molecule has 0 fully saturated rings. The zero-order valence-electron chi connectivity index (χ0n) is 11.9. The van der Waals surface area contributed by atoms with Crippen molar-refractivity contribution in [3.8, 4) is 11.8 Å². The van der Waals surface area contributed by atoms with Crippen LogP contribution in [0.2, 0.25) is 0 Å². The van der Waals surface area contributed by atoms with E-state index in [1.54, 1.807) is 24.3 Å². The van der Waals surface area contributed by atoms with Crippen LogP contribution in [0.25, 0.3) is 0 Å². The maximum atomic E-state index is 12.2. The molecule has 22 heavy (non-hydrogen) atoms. The van der Waals surface area contributed by atoms with E-state index in [0.717, 1.165) is 0 Å². The van der Waals surface area contributed by atoms with E-state index in [0.29, 0.717) is 11.3 Å². The minimum absolute atomic E-state index is 0.0799. The second-order valence-corrected chi connectivity index (χ2v) is 4.88. The first-order chi connectivity index (χ1) is 10.2. The summed E-state index contributed by atoms with van der Waals surface area (Å²) in [7, 11) is 1.36. The first kappa shape index (κ1) is 18.2. The predicted octanol–water partition coefficient (Wildman–Crippen LogP) is 1.15. The Morgan fingerprint density at radius 2 is 1.82 bits per heavy atom. The smallest absolute Gasteiger partial charge is 0.415 e. The molecule has 0 amide bonds. The van der Waals surface area contributed by atoms with Crippen LogP contribution in [0.4, 0.5) is 13.2 Å². The number of aliphatic hydroxyl groups excluding tert-OH is 2. The van der Waals surface area contributed by atoms with E-state index >= 15 is 0 Å². The first-order valence-corrected chi connectivity index (χ1v) is 6.46. The van der Waals surface area contributed by atoms with E-state index in [1.807, 2.05) is 6.07 Å². The van der Waals surface area contributed by atoms with Crippen LogP contribution in [-0.4, -0.2) is 60.2 Å². The average molecular weight is 318 g/mol. The van der Waals surface area contributed by atoms with E-state index in [9.17, 15) is 18.3 Å². The van der Waals surface area contributed by atoms with Crippen LogP contribution in [0, 0.1) is 11.3 Å². The largest absolute Gasteiger partial charge is 0.491 e. The van der Waals surface area contributed by atoms with E-state index < -0.39 is 24.9 Å². The molecule has 0 aromatic heterocycles. The van der Waals surface area contributed by atoms with Crippen molar-refractivity contribution in [2.75, 3.05) is 26.7 Å². The van der Waals surface area contributed by atoms with Gasteiger partial charge in [-0.3, -0.25) is 0 Å². The lowest BCUT2D eigenvalue weighted by molar-refractivity contribution is -0.208. The summed E-state index contributed by atoms with van der Waals surface area (Å²) in [6.45, 7) is -0.820. The number of hydrogen-bond donors (Lipinski definition) is 2. The molecule has 2 N–H and O–H groups in total. The molecule has 0 saturated heterocycles. The second kappa shape index (κ2) is 7.98. The summed E-state index contributed by atoms with van der Waals surface area (Å²) in [6.07, 6.45) is -8.15. The number of hydrogen-bond acceptors (Lipinski definition) is 5. The fourth-order valence-electron chi connectivity index (χ4n) is 1.70. The Hall–Kier alpha value is -1.82. The predicted molar refractivity (Wildman–Crippen MR) is 72.2 cm³/mol. The topological polar surface area (TPSA) is 76.7 Å². The number of likely N-dealkylation sites (N-methyl/N-ethyl adjacent to an activating group) is 1. The van der Waals surface area contributed by atoms with Gasteiger partial charge >= 0.3 is 6.18 Å². The number of ether oxygens (including phenoxy) is 1. The summed E-state index contributed by atoms with van der Waals surface area (Å²) in [5, 5.41) is 27.3. The normalized spacial score (nSPS) is 14.5. The minimum Gasteiger partial charge on any atom is -0.491 e. The molecule has 2 unspecified atom stereocenters. The zero-order chi connectivity index (χ0) is 16.8. The molecule has 0 saturated carbocycles. The minimum atomic E-state index is -4.68. The van der Waals surface area contributed by atoms with Crippen molar-refractivity contribution < 1.29 is 28.1 Å². The summed E-state index contributed by atoms with van der Waals surface area (Å²) in [5.41, 5.74) is 0.466. The molecule has 0 spiro atoms. The van der Waals surface area contributed by atoms with Gasteiger partial charge in [0.05, 0.1) is 11.6 Å². The Bertz CT molecular complexity index is 500. The summed E-state index contributed by atoms with van der Waals surface area (Å²) < 4.78 is 41.8. The Labute approximate surface area is 126 Å². The number of aliphatic hydroxyl groups is 2. The molecule has 1 aromatic rings. The first-order valence-electron chi connectivity index (χ1n) is 6.46. The van der Waals surface area contributed by atoms with Gasteiger partial charge in [0.15, 0.2) is 6.10 Å². The van der Waals surface area contributed by atoms with Crippen molar-refractivity contribution in [2.45, 2.75) is 18.4 Å². The van der Waals surface area contributed by atoms with Crippen molar-refractivity contribution >= 4 is 0 Å². The van der Waals surface area contributed by atoms with E-state index in [-0.39, 0.29) is 13.2 Å². The molecular formula is C14H17F3N2O3. The van der Waals surface area contributed by atoms with Gasteiger partial charge in [-0.1, -0.05) is 0 Å². The van der Waals surface area contributed by atoms with Gasteiger partial charge in [0.2, 0.25) is 0 Å². The molecule has 0 aliphatic carbocycles. The summed E-state index contributed by atoms with van der Waals surface area (Å²) >= 11 is 0. The zero-order valence-corrected chi connectivity index (χ0v) is 11.9. The van der Waals surface area contributed by atoms with Gasteiger partial charge in [-0.15, -0.1) is 0 Å². The van der Waals surface area contributed by atoms with Gasteiger partial charge in [0, 0.05) is 13.1 Å². The van der Waals surface area contributed by atoms with E-state index in [1.165, 1.54) is 11.9 Å². The molecule has 0 aliphatic heterocycles. The Kier molecular flexibility index (Phi) is 6.61. The molecule has 0 bridgehead atoms. The number of rotatable bonds is 7. The molecule has 5 nitrogen and oxygen atoms in total. The molecule has 0 aliphatic rings. The van der Waals surface area contributed by atoms with Crippen LogP contribution in [0.5, 0.6) is 5.75 Å². The standard InChI is InChI=1S/C14H17F3N2O3/c1-19(8-13(21)14(15,16)17)7-11(20)9-22-12-4-2-10(6-18)3-5-12/h2-5,11,13,20-21H,7-9H2,1H3. The molecule has 8 heteroatoms. The molecule has 2 atom stereocenters. The Balaban J connectivity index is 2.36. The van der Waals surface area contributed by atoms with Crippen molar-refractivity contribution in [1.29, 1.82) is 5.26 Å². The highest BCUT2D eigenvalue weighted by molar-refractivity contribution is 5.34. The highest BCUT2D eigenvalue weighted by Crippen LogP contribution is 2.20. The average Bonchev–Trinajstić information content (AvgIpc) is 2.44. The lowest BCUT2D eigenvalue weighted by Gasteiger charge is -2.24. The lowest BCUT2D eigenvalue weighted by atomic mass is 10.2. The summed E-state index contributed by atoms with van der Waals surface area (Å²) in [5.74, 6) is 0.441. The van der Waals surface area contributed by atoms with Gasteiger partial charge in [0.25, 0.3) is 0 Å². The van der Waals surface area contributed by atoms with Crippen LogP contribution in [0.1, 0.15) is 5.56 Å². The molecule has 0 heterocycles. The Morgan fingerprint density at radius 1 is 1.23 bits per heavy atom. The van der Waals surface area contributed by atoms with E-state index in [4.69, 9.17) is 15.1 Å². The maximum absolute atomic E-state index is 12.2. The summed E-state index contributed by atoms with van der Waals surface area (Å²) in [4.78, 5) is 1.17. The van der Waals surface area contributed by atoms with E-state index in [2.05, 4.69) is 0 Å². The molecule has 1 rings (SSSR count). The monoisotopic (exact) mass is 318 g/mol. The number of nitriles is 1. The van der Waals surface area contributed by atoms with Gasteiger partial charge < -0.3 is 19.8 Å². The number of benzene rings is 1. The third kappa shape index (κ3) is 6.30.